The Balaban J connectivity index is 2.85. The lowest BCUT2D eigenvalue weighted by molar-refractivity contribution is 1.71. The van der Waals surface area contributed by atoms with E-state index in [9.17, 15) is 0 Å². The first-order valence-electron chi connectivity index (χ1n) is 3.18. The summed E-state index contributed by atoms with van der Waals surface area (Å²) in [7, 11) is -0.616. The molecule has 0 nitrogen and oxygen atoms in total. The van der Waals surface area contributed by atoms with Gasteiger partial charge in [-0.05, 0) is 12.1 Å². The predicted molar refractivity (Wildman–Crippen MR) is 42.6 cm³/mol. The maximum absolute atomic E-state index is 3.20. The predicted octanol–water partition coefficient (Wildman–Crippen LogP) is 0.981. The van der Waals surface area contributed by atoms with E-state index < -0.39 is 8.80 Å². The Labute approximate surface area is 58.1 Å². The maximum Gasteiger partial charge on any atom is 0.0655 e. The van der Waals surface area contributed by atoms with Crippen LogP contribution in [0.4, 0.5) is 0 Å². The fourth-order valence-electron chi connectivity index (χ4n) is 0.699. The molecule has 0 saturated carbocycles. The summed E-state index contributed by atoms with van der Waals surface area (Å²) >= 11 is 0. The normalized spacial score (nSPS) is 10.1. The molecule has 0 aliphatic heterocycles. The summed E-state index contributed by atoms with van der Waals surface area (Å²) in [5, 5.41) is 1.37. The smallest absolute Gasteiger partial charge is 0.0655 e. The van der Waals surface area contributed by atoms with E-state index in [0.29, 0.717) is 0 Å². The molecule has 0 aromatic heterocycles. The highest BCUT2D eigenvalue weighted by molar-refractivity contribution is 6.70. The monoisotopic (exact) mass is 134 g/mol. The molecular weight excluding hydrogens is 124 g/mol. The van der Waals surface area contributed by atoms with Crippen LogP contribution in [0.3, 0.4) is 0 Å². The van der Waals surface area contributed by atoms with Crippen molar-refractivity contribution in [1.82, 2.24) is 0 Å². The third-order valence-electron chi connectivity index (χ3n) is 1.29. The second-order valence-electron chi connectivity index (χ2n) is 2.40. The van der Waals surface area contributed by atoms with E-state index in [-0.39, 0.29) is 0 Å². The first kappa shape index (κ1) is 6.56. The lowest BCUT2D eigenvalue weighted by Crippen LogP contribution is -2.21. The van der Waals surface area contributed by atoms with Crippen molar-refractivity contribution in [3.63, 3.8) is 0 Å². The van der Waals surface area contributed by atoms with Crippen molar-refractivity contribution in [3.8, 4) is 0 Å². The zero-order valence-corrected chi connectivity index (χ0v) is 6.96. The summed E-state index contributed by atoms with van der Waals surface area (Å²) in [5.74, 6) is 0. The molecule has 1 aromatic carbocycles. The molecule has 0 atom stereocenters. The highest BCUT2D eigenvalue weighted by Gasteiger charge is 1.96. The minimum Gasteiger partial charge on any atom is -0.0682 e. The molecule has 0 bridgehead atoms. The summed E-state index contributed by atoms with van der Waals surface area (Å²) in [4.78, 5) is 0. The van der Waals surface area contributed by atoms with Gasteiger partial charge in [0.15, 0.2) is 0 Å². The van der Waals surface area contributed by atoms with Crippen LogP contribution in [0.2, 0.25) is 13.1 Å². The average Bonchev–Trinajstić information content (AvgIpc) is 1.90. The van der Waals surface area contributed by atoms with Gasteiger partial charge >= 0.3 is 0 Å². The average molecular weight is 134 g/mol. The van der Waals surface area contributed by atoms with Crippen LogP contribution < -0.4 is 5.19 Å². The topological polar surface area (TPSA) is 0 Å². The van der Waals surface area contributed by atoms with Gasteiger partial charge in [-0.3, -0.25) is 0 Å². The van der Waals surface area contributed by atoms with Crippen LogP contribution in [-0.2, 0) is 0 Å². The quantitative estimate of drug-likeness (QED) is 0.502. The standard InChI is InChI=1S/C8H10Si/c1-9(2)8-6-4-3-5-7-8/h3-4,7,9H,1-2H3. The Hall–Kier alpha value is -0.563. The van der Waals surface area contributed by atoms with Gasteiger partial charge in [0.05, 0.1) is 8.80 Å². The summed E-state index contributed by atoms with van der Waals surface area (Å²) < 4.78 is 0. The molecule has 1 heteroatoms. The highest BCUT2D eigenvalue weighted by atomic mass is 28.3. The molecule has 2 radical (unpaired) electrons. The van der Waals surface area contributed by atoms with Crippen molar-refractivity contribution in [2.75, 3.05) is 0 Å². The van der Waals surface area contributed by atoms with Gasteiger partial charge in [0, 0.05) is 0 Å². The van der Waals surface area contributed by atoms with E-state index >= 15 is 0 Å². The molecule has 0 N–H and O–H groups in total. The van der Waals surface area contributed by atoms with E-state index in [1.807, 2.05) is 18.2 Å². The van der Waals surface area contributed by atoms with E-state index in [2.05, 4.69) is 25.2 Å². The fraction of sp³-hybridized carbons (Fsp3) is 0.250. The largest absolute Gasteiger partial charge is 0.0682 e. The van der Waals surface area contributed by atoms with E-state index in [0.717, 1.165) is 0 Å². The second kappa shape index (κ2) is 2.83. The minimum absolute atomic E-state index is 0.616. The molecular formula is C8H10Si. The number of hydrogen-bond donors (Lipinski definition) is 0. The zero-order valence-electron chi connectivity index (χ0n) is 5.81. The molecule has 1 rings (SSSR count). The lowest BCUT2D eigenvalue weighted by Gasteiger charge is -1.98. The van der Waals surface area contributed by atoms with Gasteiger partial charge in [-0.1, -0.05) is 36.5 Å². The number of benzene rings is 1. The lowest BCUT2D eigenvalue weighted by atomic mass is 10.4. The number of hydrogen-bond acceptors (Lipinski definition) is 0. The minimum atomic E-state index is -0.616. The molecule has 0 spiro atoms. The summed E-state index contributed by atoms with van der Waals surface area (Å²) in [5.41, 5.74) is 0. The van der Waals surface area contributed by atoms with Crippen LogP contribution in [-0.4, -0.2) is 8.80 Å². The van der Waals surface area contributed by atoms with Gasteiger partial charge in [-0.25, -0.2) is 0 Å². The Morgan fingerprint density at radius 2 is 2.11 bits per heavy atom. The van der Waals surface area contributed by atoms with E-state index in [4.69, 9.17) is 0 Å². The van der Waals surface area contributed by atoms with Crippen molar-refractivity contribution in [2.45, 2.75) is 13.1 Å². The van der Waals surface area contributed by atoms with Crippen molar-refractivity contribution < 1.29 is 0 Å². The fourth-order valence-corrected chi connectivity index (χ4v) is 1.56. The van der Waals surface area contributed by atoms with Crippen LogP contribution in [0, 0.1) is 12.1 Å². The molecule has 0 saturated heterocycles. The molecule has 0 fully saturated rings. The van der Waals surface area contributed by atoms with Crippen molar-refractivity contribution >= 4 is 14.0 Å². The molecule has 46 valence electrons. The van der Waals surface area contributed by atoms with Crippen LogP contribution >= 0.6 is 0 Å². The molecule has 0 heterocycles. The molecule has 1 aromatic rings. The van der Waals surface area contributed by atoms with Crippen LogP contribution in [0.1, 0.15) is 0 Å². The highest BCUT2D eigenvalue weighted by Crippen LogP contribution is 1.84. The molecule has 9 heavy (non-hydrogen) atoms. The Morgan fingerprint density at radius 1 is 1.33 bits per heavy atom. The molecule has 0 aliphatic carbocycles. The molecule has 0 amide bonds. The van der Waals surface area contributed by atoms with Gasteiger partial charge in [-0.15, -0.1) is 0 Å². The molecule has 0 aliphatic rings. The van der Waals surface area contributed by atoms with Crippen LogP contribution in [0.5, 0.6) is 0 Å². The Morgan fingerprint density at radius 3 is 2.44 bits per heavy atom. The Bertz CT molecular complexity index is 167. The van der Waals surface area contributed by atoms with Crippen molar-refractivity contribution in [1.29, 1.82) is 0 Å². The maximum atomic E-state index is 3.20. The Kier molecular flexibility index (Phi) is 2.06. The SMILES string of the molecule is C[SiH](C)c1[c]cc[c]c1. The third-order valence-corrected chi connectivity index (χ3v) is 2.87. The summed E-state index contributed by atoms with van der Waals surface area (Å²) in [6, 6.07) is 12.1. The van der Waals surface area contributed by atoms with Crippen LogP contribution in [0.15, 0.2) is 18.2 Å². The summed E-state index contributed by atoms with van der Waals surface area (Å²) in [6.07, 6.45) is 0. The van der Waals surface area contributed by atoms with Gasteiger partial charge in [0.1, 0.15) is 0 Å². The first-order chi connectivity index (χ1) is 4.30. The van der Waals surface area contributed by atoms with Gasteiger partial charge in [-0.2, -0.15) is 0 Å². The van der Waals surface area contributed by atoms with Gasteiger partial charge in [0.25, 0.3) is 0 Å². The van der Waals surface area contributed by atoms with Crippen molar-refractivity contribution in [3.05, 3.63) is 30.3 Å². The zero-order chi connectivity index (χ0) is 6.69. The van der Waals surface area contributed by atoms with E-state index in [1.165, 1.54) is 5.19 Å². The van der Waals surface area contributed by atoms with Gasteiger partial charge < -0.3 is 0 Å². The summed E-state index contributed by atoms with van der Waals surface area (Å²) in [6.45, 7) is 4.58. The van der Waals surface area contributed by atoms with E-state index in [1.54, 1.807) is 0 Å². The van der Waals surface area contributed by atoms with Gasteiger partial charge in [0.2, 0.25) is 0 Å². The molecule has 0 unspecified atom stereocenters. The number of rotatable bonds is 1. The van der Waals surface area contributed by atoms with Crippen molar-refractivity contribution in [2.24, 2.45) is 0 Å². The third kappa shape index (κ3) is 1.68. The first-order valence-corrected chi connectivity index (χ1v) is 6.07. The van der Waals surface area contributed by atoms with Crippen LogP contribution in [0.25, 0.3) is 0 Å². The second-order valence-corrected chi connectivity index (χ2v) is 5.33.